The van der Waals surface area contributed by atoms with Gasteiger partial charge in [0.2, 0.25) is 0 Å². The lowest BCUT2D eigenvalue weighted by Gasteiger charge is -2.27. The van der Waals surface area contributed by atoms with Crippen molar-refractivity contribution in [2.45, 2.75) is 13.0 Å². The van der Waals surface area contributed by atoms with Crippen molar-refractivity contribution in [1.29, 1.82) is 0 Å². The lowest BCUT2D eigenvalue weighted by atomic mass is 10.1. The molecule has 2 aromatic rings. The third-order valence-electron chi connectivity index (χ3n) is 3.46. The average molecular weight is 325 g/mol. The van der Waals surface area contributed by atoms with Crippen LogP contribution in [0.3, 0.4) is 0 Å². The normalized spacial score (nSPS) is 12.0. The Kier molecular flexibility index (Phi) is 4.70. The van der Waals surface area contributed by atoms with Crippen LogP contribution in [0.4, 0.5) is 11.4 Å². The van der Waals surface area contributed by atoms with E-state index in [4.69, 9.17) is 23.2 Å². The Morgan fingerprint density at radius 2 is 1.71 bits per heavy atom. The van der Waals surface area contributed by atoms with Crippen LogP contribution < -0.4 is 4.90 Å². The highest BCUT2D eigenvalue weighted by molar-refractivity contribution is 6.33. The minimum atomic E-state index is -0.465. The molecular formula is C15H14Cl2N2O2. The van der Waals surface area contributed by atoms with E-state index in [1.807, 2.05) is 25.1 Å². The Morgan fingerprint density at radius 1 is 1.10 bits per heavy atom. The predicted molar refractivity (Wildman–Crippen MR) is 86.4 cm³/mol. The van der Waals surface area contributed by atoms with Crippen molar-refractivity contribution in [2.24, 2.45) is 0 Å². The van der Waals surface area contributed by atoms with Gasteiger partial charge in [-0.05, 0) is 30.7 Å². The molecule has 0 fully saturated rings. The number of para-hydroxylation sites is 1. The first kappa shape index (κ1) is 15.6. The Labute approximate surface area is 133 Å². The van der Waals surface area contributed by atoms with Crippen LogP contribution in [0.2, 0.25) is 10.0 Å². The van der Waals surface area contributed by atoms with Crippen molar-refractivity contribution in [2.75, 3.05) is 11.9 Å². The number of anilines is 1. The Balaban J connectivity index is 2.46. The van der Waals surface area contributed by atoms with Gasteiger partial charge in [0.1, 0.15) is 10.7 Å². The van der Waals surface area contributed by atoms with Crippen LogP contribution in [0.5, 0.6) is 0 Å². The van der Waals surface area contributed by atoms with Gasteiger partial charge in [0, 0.05) is 12.1 Å². The third kappa shape index (κ3) is 3.12. The summed E-state index contributed by atoms with van der Waals surface area (Å²) in [6.45, 7) is 1.94. The van der Waals surface area contributed by atoms with E-state index >= 15 is 0 Å². The maximum Gasteiger partial charge on any atom is 0.310 e. The summed E-state index contributed by atoms with van der Waals surface area (Å²) in [6.07, 6.45) is 0. The maximum absolute atomic E-state index is 11.2. The largest absolute Gasteiger partial charge is 0.362 e. The molecule has 0 spiro atoms. The van der Waals surface area contributed by atoms with Gasteiger partial charge in [-0.1, -0.05) is 47.5 Å². The molecule has 0 amide bonds. The fraction of sp³-hybridized carbons (Fsp3) is 0.200. The lowest BCUT2D eigenvalue weighted by Crippen LogP contribution is -2.22. The molecule has 0 bridgehead atoms. The molecule has 21 heavy (non-hydrogen) atoms. The fourth-order valence-corrected chi connectivity index (χ4v) is 2.73. The van der Waals surface area contributed by atoms with Gasteiger partial charge >= 0.3 is 5.69 Å². The molecule has 0 saturated carbocycles. The van der Waals surface area contributed by atoms with Crippen molar-refractivity contribution < 1.29 is 4.92 Å². The summed E-state index contributed by atoms with van der Waals surface area (Å²) in [5.41, 5.74) is 1.26. The SMILES string of the molecule is CC(c1ccccc1Cl)N(C)c1cccc(Cl)c1[N+](=O)[O-]. The second-order valence-corrected chi connectivity index (χ2v) is 5.49. The van der Waals surface area contributed by atoms with Crippen LogP contribution in [0.25, 0.3) is 0 Å². The van der Waals surface area contributed by atoms with Crippen molar-refractivity contribution >= 4 is 34.6 Å². The first-order valence-corrected chi connectivity index (χ1v) is 7.09. The van der Waals surface area contributed by atoms with Crippen LogP contribution >= 0.6 is 23.2 Å². The van der Waals surface area contributed by atoms with E-state index in [-0.39, 0.29) is 16.8 Å². The number of halogens is 2. The van der Waals surface area contributed by atoms with Crippen molar-refractivity contribution in [3.63, 3.8) is 0 Å². The minimum absolute atomic E-state index is 0.0967. The summed E-state index contributed by atoms with van der Waals surface area (Å²) in [4.78, 5) is 12.6. The molecule has 6 heteroatoms. The monoisotopic (exact) mass is 324 g/mol. The Bertz CT molecular complexity index is 676. The molecule has 1 unspecified atom stereocenters. The molecule has 1 atom stereocenters. The van der Waals surface area contributed by atoms with Crippen molar-refractivity contribution in [1.82, 2.24) is 0 Å². The highest BCUT2D eigenvalue weighted by Crippen LogP contribution is 2.38. The molecule has 0 aliphatic carbocycles. The fourth-order valence-electron chi connectivity index (χ4n) is 2.20. The van der Waals surface area contributed by atoms with E-state index in [9.17, 15) is 10.1 Å². The molecule has 0 aliphatic heterocycles. The molecule has 0 aliphatic rings. The molecule has 0 saturated heterocycles. The average Bonchev–Trinajstić information content (AvgIpc) is 2.45. The van der Waals surface area contributed by atoms with Gasteiger partial charge in [-0.25, -0.2) is 0 Å². The van der Waals surface area contributed by atoms with Gasteiger partial charge in [0.25, 0.3) is 0 Å². The highest BCUT2D eigenvalue weighted by atomic mass is 35.5. The van der Waals surface area contributed by atoms with E-state index in [1.165, 1.54) is 6.07 Å². The summed E-state index contributed by atoms with van der Waals surface area (Å²) < 4.78 is 0. The van der Waals surface area contributed by atoms with E-state index in [1.54, 1.807) is 30.1 Å². The van der Waals surface area contributed by atoms with Gasteiger partial charge < -0.3 is 4.90 Å². The third-order valence-corrected chi connectivity index (χ3v) is 4.11. The number of nitrogens with zero attached hydrogens (tertiary/aromatic N) is 2. The van der Waals surface area contributed by atoms with Crippen molar-refractivity contribution in [3.8, 4) is 0 Å². The van der Waals surface area contributed by atoms with Gasteiger partial charge in [-0.3, -0.25) is 10.1 Å². The van der Waals surface area contributed by atoms with Crippen LogP contribution in [-0.4, -0.2) is 12.0 Å². The topological polar surface area (TPSA) is 46.4 Å². The maximum atomic E-state index is 11.2. The number of benzene rings is 2. The van der Waals surface area contributed by atoms with E-state index < -0.39 is 4.92 Å². The smallest absolute Gasteiger partial charge is 0.310 e. The summed E-state index contributed by atoms with van der Waals surface area (Å²) in [7, 11) is 1.78. The minimum Gasteiger partial charge on any atom is -0.362 e. The molecule has 110 valence electrons. The zero-order chi connectivity index (χ0) is 15.6. The Morgan fingerprint density at radius 3 is 2.33 bits per heavy atom. The van der Waals surface area contributed by atoms with Crippen LogP contribution in [0.15, 0.2) is 42.5 Å². The number of hydrogen-bond acceptors (Lipinski definition) is 3. The summed E-state index contributed by atoms with van der Waals surface area (Å²) in [5, 5.41) is 12.0. The zero-order valence-electron chi connectivity index (χ0n) is 11.6. The van der Waals surface area contributed by atoms with Gasteiger partial charge in [-0.2, -0.15) is 0 Å². The molecule has 2 aromatic carbocycles. The zero-order valence-corrected chi connectivity index (χ0v) is 13.1. The van der Waals surface area contributed by atoms with Gasteiger partial charge in [0.15, 0.2) is 0 Å². The molecule has 2 rings (SSSR count). The van der Waals surface area contributed by atoms with E-state index in [0.29, 0.717) is 10.7 Å². The standard InChI is InChI=1S/C15H14Cl2N2O2/c1-10(11-6-3-4-7-12(11)16)18(2)14-9-5-8-13(17)15(14)19(20)21/h3-10H,1-2H3. The van der Waals surface area contributed by atoms with Gasteiger partial charge in [0.05, 0.1) is 11.0 Å². The second-order valence-electron chi connectivity index (χ2n) is 4.67. The summed E-state index contributed by atoms with van der Waals surface area (Å²) >= 11 is 12.2. The molecule has 0 N–H and O–H groups in total. The number of hydrogen-bond donors (Lipinski definition) is 0. The summed E-state index contributed by atoms with van der Waals surface area (Å²) in [6, 6.07) is 12.2. The number of rotatable bonds is 4. The number of nitro benzene ring substituents is 1. The highest BCUT2D eigenvalue weighted by Gasteiger charge is 2.24. The molecule has 4 nitrogen and oxygen atoms in total. The van der Waals surface area contributed by atoms with Crippen LogP contribution in [-0.2, 0) is 0 Å². The van der Waals surface area contributed by atoms with Gasteiger partial charge in [-0.15, -0.1) is 0 Å². The first-order chi connectivity index (χ1) is 9.93. The van der Waals surface area contributed by atoms with E-state index in [2.05, 4.69) is 0 Å². The molecular weight excluding hydrogens is 311 g/mol. The van der Waals surface area contributed by atoms with Crippen molar-refractivity contribution in [3.05, 3.63) is 68.2 Å². The van der Waals surface area contributed by atoms with Crippen LogP contribution in [0.1, 0.15) is 18.5 Å². The summed E-state index contributed by atoms with van der Waals surface area (Å²) in [5.74, 6) is 0. The molecule has 0 radical (unpaired) electrons. The number of nitro groups is 1. The molecule has 0 heterocycles. The Hall–Kier alpha value is -1.78. The predicted octanol–water partition coefficient (Wildman–Crippen LogP) is 5.10. The quantitative estimate of drug-likeness (QED) is 0.580. The first-order valence-electron chi connectivity index (χ1n) is 6.33. The van der Waals surface area contributed by atoms with Crippen LogP contribution in [0, 0.1) is 10.1 Å². The molecule has 0 aromatic heterocycles. The van der Waals surface area contributed by atoms with E-state index in [0.717, 1.165) is 5.56 Å². The lowest BCUT2D eigenvalue weighted by molar-refractivity contribution is -0.384. The second kappa shape index (κ2) is 6.33.